The summed E-state index contributed by atoms with van der Waals surface area (Å²) < 4.78 is 0. The summed E-state index contributed by atoms with van der Waals surface area (Å²) in [5.41, 5.74) is 2.60. The van der Waals surface area contributed by atoms with Crippen LogP contribution in [-0.4, -0.2) is 24.5 Å². The molecule has 2 N–H and O–H groups in total. The van der Waals surface area contributed by atoms with Gasteiger partial charge in [-0.1, -0.05) is 45.0 Å². The zero-order valence-corrected chi connectivity index (χ0v) is 14.4. The number of hydrogen-bond donors (Lipinski definition) is 2. The van der Waals surface area contributed by atoms with Crippen molar-refractivity contribution in [3.63, 3.8) is 0 Å². The van der Waals surface area contributed by atoms with E-state index in [0.717, 1.165) is 19.4 Å². The molecular weight excluding hydrogens is 272 g/mol. The van der Waals surface area contributed by atoms with Gasteiger partial charge in [-0.3, -0.25) is 4.79 Å². The van der Waals surface area contributed by atoms with E-state index in [1.54, 1.807) is 0 Å². The Balaban J connectivity index is 1.85. The lowest BCUT2D eigenvalue weighted by Crippen LogP contribution is -2.46. The van der Waals surface area contributed by atoms with E-state index in [1.807, 2.05) is 0 Å². The normalized spacial score (nSPS) is 23.3. The van der Waals surface area contributed by atoms with Crippen LogP contribution in [0.5, 0.6) is 0 Å². The molecule has 3 heteroatoms. The van der Waals surface area contributed by atoms with Gasteiger partial charge in [0.25, 0.3) is 0 Å². The van der Waals surface area contributed by atoms with Gasteiger partial charge in [0.2, 0.25) is 5.91 Å². The van der Waals surface area contributed by atoms with Crippen LogP contribution in [0.15, 0.2) is 24.3 Å². The Morgan fingerprint density at radius 2 is 1.86 bits per heavy atom. The third kappa shape index (κ3) is 4.84. The van der Waals surface area contributed by atoms with E-state index in [4.69, 9.17) is 0 Å². The van der Waals surface area contributed by atoms with Gasteiger partial charge in [0.15, 0.2) is 0 Å². The Labute approximate surface area is 134 Å². The average molecular weight is 302 g/mol. The van der Waals surface area contributed by atoms with Gasteiger partial charge in [-0.25, -0.2) is 0 Å². The molecule has 0 saturated carbocycles. The minimum Gasteiger partial charge on any atom is -0.353 e. The first-order valence-corrected chi connectivity index (χ1v) is 8.58. The molecule has 0 radical (unpaired) electrons. The summed E-state index contributed by atoms with van der Waals surface area (Å²) in [7, 11) is 0. The van der Waals surface area contributed by atoms with Crippen molar-refractivity contribution < 1.29 is 4.79 Å². The summed E-state index contributed by atoms with van der Waals surface area (Å²) >= 11 is 0. The summed E-state index contributed by atoms with van der Waals surface area (Å²) in [5, 5.41) is 6.62. The lowest BCUT2D eigenvalue weighted by molar-refractivity contribution is -0.122. The minimum absolute atomic E-state index is 0.180. The number of rotatable bonds is 5. The maximum Gasteiger partial charge on any atom is 0.220 e. The van der Waals surface area contributed by atoms with Crippen molar-refractivity contribution in [2.24, 2.45) is 0 Å². The molecule has 22 heavy (non-hydrogen) atoms. The van der Waals surface area contributed by atoms with Crippen molar-refractivity contribution in [1.82, 2.24) is 10.6 Å². The van der Waals surface area contributed by atoms with Crippen LogP contribution in [0.4, 0.5) is 0 Å². The molecule has 0 bridgehead atoms. The van der Waals surface area contributed by atoms with Crippen LogP contribution in [0.2, 0.25) is 0 Å². The second kappa shape index (κ2) is 7.77. The fourth-order valence-corrected chi connectivity index (χ4v) is 3.16. The van der Waals surface area contributed by atoms with Gasteiger partial charge >= 0.3 is 0 Å². The quantitative estimate of drug-likeness (QED) is 0.873. The van der Waals surface area contributed by atoms with Crippen LogP contribution in [0.25, 0.3) is 0 Å². The molecule has 0 spiro atoms. The predicted molar refractivity (Wildman–Crippen MR) is 92.2 cm³/mol. The molecule has 0 aromatic heterocycles. The molecule has 0 aliphatic carbocycles. The SMILES string of the molecule is CC1CC(NC(=O)CC(C)c2ccc(C(C)C)cc2)CCN1. The fourth-order valence-electron chi connectivity index (χ4n) is 3.16. The van der Waals surface area contributed by atoms with Gasteiger partial charge in [-0.05, 0) is 49.3 Å². The maximum atomic E-state index is 12.2. The number of hydrogen-bond acceptors (Lipinski definition) is 2. The van der Waals surface area contributed by atoms with Crippen molar-refractivity contribution in [3.05, 3.63) is 35.4 Å². The predicted octanol–water partition coefficient (Wildman–Crippen LogP) is 3.56. The molecule has 1 aliphatic rings. The van der Waals surface area contributed by atoms with E-state index in [0.29, 0.717) is 24.4 Å². The monoisotopic (exact) mass is 302 g/mol. The summed E-state index contributed by atoms with van der Waals surface area (Å²) in [6.45, 7) is 9.71. The van der Waals surface area contributed by atoms with Crippen LogP contribution >= 0.6 is 0 Å². The fraction of sp³-hybridized carbons (Fsp3) is 0.632. The number of carbonyl (C=O) groups excluding carboxylic acids is 1. The minimum atomic E-state index is 0.180. The van der Waals surface area contributed by atoms with E-state index >= 15 is 0 Å². The van der Waals surface area contributed by atoms with Gasteiger partial charge in [-0.15, -0.1) is 0 Å². The zero-order valence-electron chi connectivity index (χ0n) is 14.4. The Morgan fingerprint density at radius 1 is 1.23 bits per heavy atom. The first kappa shape index (κ1) is 17.0. The van der Waals surface area contributed by atoms with Crippen molar-refractivity contribution in [2.45, 2.75) is 70.9 Å². The Hall–Kier alpha value is -1.35. The molecule has 3 atom stereocenters. The molecule has 3 nitrogen and oxygen atoms in total. The molecule has 122 valence electrons. The van der Waals surface area contributed by atoms with Gasteiger partial charge < -0.3 is 10.6 Å². The topological polar surface area (TPSA) is 41.1 Å². The Morgan fingerprint density at radius 3 is 2.45 bits per heavy atom. The van der Waals surface area contributed by atoms with E-state index in [-0.39, 0.29) is 11.8 Å². The van der Waals surface area contributed by atoms with E-state index in [9.17, 15) is 4.79 Å². The highest BCUT2D eigenvalue weighted by Gasteiger charge is 2.21. The molecule has 2 rings (SSSR count). The lowest BCUT2D eigenvalue weighted by atomic mass is 9.93. The molecule has 1 amide bonds. The maximum absolute atomic E-state index is 12.2. The van der Waals surface area contributed by atoms with Crippen LogP contribution in [0.1, 0.15) is 69.9 Å². The van der Waals surface area contributed by atoms with Gasteiger partial charge in [0.1, 0.15) is 0 Å². The second-order valence-corrected chi connectivity index (χ2v) is 7.07. The third-order valence-electron chi connectivity index (χ3n) is 4.65. The summed E-state index contributed by atoms with van der Waals surface area (Å²) in [4.78, 5) is 12.2. The van der Waals surface area contributed by atoms with Crippen LogP contribution in [0, 0.1) is 0 Å². The van der Waals surface area contributed by atoms with E-state index in [1.165, 1.54) is 11.1 Å². The Kier molecular flexibility index (Phi) is 6.01. The first-order chi connectivity index (χ1) is 10.5. The van der Waals surface area contributed by atoms with Crippen molar-refractivity contribution in [2.75, 3.05) is 6.54 Å². The van der Waals surface area contributed by atoms with Gasteiger partial charge in [-0.2, -0.15) is 0 Å². The number of piperidine rings is 1. The average Bonchev–Trinajstić information content (AvgIpc) is 2.47. The lowest BCUT2D eigenvalue weighted by Gasteiger charge is -2.29. The van der Waals surface area contributed by atoms with Crippen molar-refractivity contribution in [1.29, 1.82) is 0 Å². The largest absolute Gasteiger partial charge is 0.353 e. The molecule has 1 aromatic carbocycles. The molecule has 1 aromatic rings. The number of carbonyl (C=O) groups is 1. The smallest absolute Gasteiger partial charge is 0.220 e. The highest BCUT2D eigenvalue weighted by atomic mass is 16.1. The van der Waals surface area contributed by atoms with Crippen molar-refractivity contribution in [3.8, 4) is 0 Å². The van der Waals surface area contributed by atoms with Crippen LogP contribution in [0.3, 0.4) is 0 Å². The van der Waals surface area contributed by atoms with Crippen LogP contribution < -0.4 is 10.6 Å². The number of nitrogens with one attached hydrogen (secondary N) is 2. The van der Waals surface area contributed by atoms with Gasteiger partial charge in [0.05, 0.1) is 0 Å². The number of benzene rings is 1. The first-order valence-electron chi connectivity index (χ1n) is 8.58. The number of amides is 1. The second-order valence-electron chi connectivity index (χ2n) is 7.07. The molecule has 3 unspecified atom stereocenters. The molecule has 1 aliphatic heterocycles. The van der Waals surface area contributed by atoms with E-state index < -0.39 is 0 Å². The summed E-state index contributed by atoms with van der Waals surface area (Å²) in [5.74, 6) is 0.995. The molecule has 1 heterocycles. The molecular formula is C19H30N2O. The molecule has 1 saturated heterocycles. The highest BCUT2D eigenvalue weighted by Crippen LogP contribution is 2.22. The summed E-state index contributed by atoms with van der Waals surface area (Å²) in [6, 6.07) is 9.53. The highest BCUT2D eigenvalue weighted by molar-refractivity contribution is 5.77. The standard InChI is InChI=1S/C19H30N2O/c1-13(2)16-5-7-17(8-6-16)14(3)11-19(22)21-18-9-10-20-15(4)12-18/h5-8,13-15,18,20H,9-12H2,1-4H3,(H,21,22). The zero-order chi connectivity index (χ0) is 16.1. The van der Waals surface area contributed by atoms with Gasteiger partial charge in [0, 0.05) is 18.5 Å². The summed E-state index contributed by atoms with van der Waals surface area (Å²) in [6.07, 6.45) is 2.64. The molecule has 1 fully saturated rings. The van der Waals surface area contributed by atoms with Crippen LogP contribution in [-0.2, 0) is 4.79 Å². The Bertz CT molecular complexity index is 481. The van der Waals surface area contributed by atoms with E-state index in [2.05, 4.69) is 62.6 Å². The van der Waals surface area contributed by atoms with Crippen molar-refractivity contribution >= 4 is 5.91 Å². The third-order valence-corrected chi connectivity index (χ3v) is 4.65.